The van der Waals surface area contributed by atoms with Crippen molar-refractivity contribution in [2.45, 2.75) is 31.7 Å². The second-order valence-corrected chi connectivity index (χ2v) is 6.80. The van der Waals surface area contributed by atoms with Crippen LogP contribution in [0.4, 0.5) is 5.00 Å². The molecule has 1 aromatic heterocycles. The standard InChI is InChI=1S/C14H21N3O2S/c18-17(19)13-6-5-12(20-13)14(11-3-1-2-4-11)16-9-7-15-8-10-16/h5-6,11,14-15H,1-4,7-10H2/t14-/m0/s1. The van der Waals surface area contributed by atoms with Gasteiger partial charge in [0.15, 0.2) is 0 Å². The van der Waals surface area contributed by atoms with Crippen molar-refractivity contribution >= 4 is 16.3 Å². The lowest BCUT2D eigenvalue weighted by molar-refractivity contribution is -0.380. The van der Waals surface area contributed by atoms with Crippen LogP contribution >= 0.6 is 11.3 Å². The number of hydrogen-bond donors (Lipinski definition) is 1. The summed E-state index contributed by atoms with van der Waals surface area (Å²) in [5.41, 5.74) is 0. The van der Waals surface area contributed by atoms with Crippen LogP contribution in [0.3, 0.4) is 0 Å². The molecule has 2 fully saturated rings. The first-order valence-corrected chi connectivity index (χ1v) is 8.26. The Hall–Kier alpha value is -0.980. The van der Waals surface area contributed by atoms with Crippen molar-refractivity contribution in [2.75, 3.05) is 26.2 Å². The van der Waals surface area contributed by atoms with Crippen LogP contribution in [0.1, 0.15) is 36.6 Å². The van der Waals surface area contributed by atoms with Crippen LogP contribution in [0, 0.1) is 16.0 Å². The molecule has 5 nitrogen and oxygen atoms in total. The molecule has 0 unspecified atom stereocenters. The van der Waals surface area contributed by atoms with Gasteiger partial charge in [-0.1, -0.05) is 24.2 Å². The molecule has 0 aromatic carbocycles. The lowest BCUT2D eigenvalue weighted by atomic mass is 9.94. The van der Waals surface area contributed by atoms with Crippen LogP contribution in [0.25, 0.3) is 0 Å². The Morgan fingerprint density at radius 2 is 2.00 bits per heavy atom. The highest BCUT2D eigenvalue weighted by Gasteiger charge is 2.33. The summed E-state index contributed by atoms with van der Waals surface area (Å²) in [5, 5.41) is 14.6. The normalized spacial score (nSPS) is 23.0. The second-order valence-electron chi connectivity index (χ2n) is 5.71. The van der Waals surface area contributed by atoms with Gasteiger partial charge in [-0.2, -0.15) is 0 Å². The summed E-state index contributed by atoms with van der Waals surface area (Å²) in [6.07, 6.45) is 5.14. The zero-order valence-corrected chi connectivity index (χ0v) is 12.4. The zero-order chi connectivity index (χ0) is 13.9. The summed E-state index contributed by atoms with van der Waals surface area (Å²) in [7, 11) is 0. The zero-order valence-electron chi connectivity index (χ0n) is 11.6. The number of nitro groups is 1. The van der Waals surface area contributed by atoms with Crippen LogP contribution in [-0.2, 0) is 0 Å². The van der Waals surface area contributed by atoms with Crippen molar-refractivity contribution in [3.63, 3.8) is 0 Å². The summed E-state index contributed by atoms with van der Waals surface area (Å²) in [6, 6.07) is 4.04. The fraction of sp³-hybridized carbons (Fsp3) is 0.714. The first kappa shape index (κ1) is 14.0. The molecule has 2 heterocycles. The molecule has 1 aliphatic carbocycles. The number of rotatable bonds is 4. The summed E-state index contributed by atoms with van der Waals surface area (Å²) < 4.78 is 0. The van der Waals surface area contributed by atoms with Crippen molar-refractivity contribution < 1.29 is 4.92 Å². The van der Waals surface area contributed by atoms with E-state index in [1.807, 2.05) is 6.07 Å². The average molecular weight is 295 g/mol. The monoisotopic (exact) mass is 295 g/mol. The number of thiophene rings is 1. The molecule has 1 saturated carbocycles. The fourth-order valence-corrected chi connectivity index (χ4v) is 4.59. The van der Waals surface area contributed by atoms with Gasteiger partial charge in [0.05, 0.1) is 4.92 Å². The number of hydrogen-bond acceptors (Lipinski definition) is 5. The topological polar surface area (TPSA) is 58.4 Å². The van der Waals surface area contributed by atoms with Gasteiger partial charge in [-0.05, 0) is 24.8 Å². The number of nitrogens with one attached hydrogen (secondary N) is 1. The van der Waals surface area contributed by atoms with E-state index < -0.39 is 0 Å². The lowest BCUT2D eigenvalue weighted by Gasteiger charge is -2.37. The molecular weight excluding hydrogens is 274 g/mol. The van der Waals surface area contributed by atoms with Gasteiger partial charge in [0, 0.05) is 43.2 Å². The van der Waals surface area contributed by atoms with Crippen LogP contribution < -0.4 is 5.32 Å². The highest BCUT2D eigenvalue weighted by molar-refractivity contribution is 7.15. The van der Waals surface area contributed by atoms with Gasteiger partial charge in [-0.25, -0.2) is 0 Å². The van der Waals surface area contributed by atoms with E-state index in [4.69, 9.17) is 0 Å². The van der Waals surface area contributed by atoms with Crippen molar-refractivity contribution in [1.29, 1.82) is 0 Å². The number of piperazine rings is 1. The van der Waals surface area contributed by atoms with Gasteiger partial charge in [-0.15, -0.1) is 0 Å². The molecule has 110 valence electrons. The number of nitrogens with zero attached hydrogens (tertiary/aromatic N) is 2. The van der Waals surface area contributed by atoms with E-state index in [1.54, 1.807) is 6.07 Å². The van der Waals surface area contributed by atoms with Crippen LogP contribution in [0.15, 0.2) is 12.1 Å². The Kier molecular flexibility index (Phi) is 4.33. The summed E-state index contributed by atoms with van der Waals surface area (Å²) in [6.45, 7) is 4.15. The molecule has 2 aliphatic rings. The maximum absolute atomic E-state index is 10.9. The minimum atomic E-state index is -0.266. The smallest absolute Gasteiger partial charge is 0.314 e. The second kappa shape index (κ2) is 6.20. The van der Waals surface area contributed by atoms with E-state index in [1.165, 1.54) is 41.9 Å². The van der Waals surface area contributed by atoms with Crippen molar-refractivity contribution in [3.8, 4) is 0 Å². The summed E-state index contributed by atoms with van der Waals surface area (Å²) in [4.78, 5) is 14.4. The minimum Gasteiger partial charge on any atom is -0.314 e. The predicted octanol–water partition coefficient (Wildman–Crippen LogP) is 2.79. The maximum atomic E-state index is 10.9. The quantitative estimate of drug-likeness (QED) is 0.685. The molecular formula is C14H21N3O2S. The molecule has 20 heavy (non-hydrogen) atoms. The fourth-order valence-electron chi connectivity index (χ4n) is 3.54. The maximum Gasteiger partial charge on any atom is 0.324 e. The van der Waals surface area contributed by atoms with Crippen molar-refractivity contribution in [1.82, 2.24) is 10.2 Å². The predicted molar refractivity (Wildman–Crippen MR) is 80.1 cm³/mol. The molecule has 1 aromatic rings. The lowest BCUT2D eigenvalue weighted by Crippen LogP contribution is -2.46. The summed E-state index contributed by atoms with van der Waals surface area (Å²) >= 11 is 1.37. The molecule has 0 bridgehead atoms. The molecule has 0 spiro atoms. The highest BCUT2D eigenvalue weighted by atomic mass is 32.1. The van der Waals surface area contributed by atoms with E-state index >= 15 is 0 Å². The van der Waals surface area contributed by atoms with Crippen molar-refractivity contribution in [2.24, 2.45) is 5.92 Å². The molecule has 0 radical (unpaired) electrons. The van der Waals surface area contributed by atoms with Gasteiger partial charge < -0.3 is 5.32 Å². The molecule has 0 amide bonds. The Balaban J connectivity index is 1.84. The molecule has 1 aliphatic heterocycles. The van der Waals surface area contributed by atoms with Crippen LogP contribution in [-0.4, -0.2) is 36.0 Å². The average Bonchev–Trinajstić information content (AvgIpc) is 3.12. The molecule has 3 rings (SSSR count). The first-order chi connectivity index (χ1) is 9.75. The Bertz CT molecular complexity index is 465. The minimum absolute atomic E-state index is 0.266. The van der Waals surface area contributed by atoms with Gasteiger partial charge in [0.1, 0.15) is 0 Å². The van der Waals surface area contributed by atoms with Crippen LogP contribution in [0.5, 0.6) is 0 Å². The Morgan fingerprint density at radius 3 is 2.60 bits per heavy atom. The SMILES string of the molecule is O=[N+]([O-])c1ccc([C@H](C2CCCC2)N2CCNCC2)s1. The molecule has 1 N–H and O–H groups in total. The Morgan fingerprint density at radius 1 is 1.30 bits per heavy atom. The van der Waals surface area contributed by atoms with E-state index in [0.717, 1.165) is 26.2 Å². The van der Waals surface area contributed by atoms with E-state index in [0.29, 0.717) is 12.0 Å². The van der Waals surface area contributed by atoms with E-state index in [-0.39, 0.29) is 9.92 Å². The molecule has 1 saturated heterocycles. The molecule has 6 heteroatoms. The van der Waals surface area contributed by atoms with E-state index in [2.05, 4.69) is 10.2 Å². The largest absolute Gasteiger partial charge is 0.324 e. The van der Waals surface area contributed by atoms with Crippen molar-refractivity contribution in [3.05, 3.63) is 27.1 Å². The first-order valence-electron chi connectivity index (χ1n) is 7.44. The van der Waals surface area contributed by atoms with Gasteiger partial charge in [0.2, 0.25) is 0 Å². The third-order valence-electron chi connectivity index (χ3n) is 4.48. The van der Waals surface area contributed by atoms with Gasteiger partial charge in [-0.3, -0.25) is 15.0 Å². The van der Waals surface area contributed by atoms with Gasteiger partial charge >= 0.3 is 5.00 Å². The Labute approximate surface area is 123 Å². The summed E-state index contributed by atoms with van der Waals surface area (Å²) in [5.74, 6) is 0.673. The highest BCUT2D eigenvalue weighted by Crippen LogP contribution is 2.43. The van der Waals surface area contributed by atoms with Gasteiger partial charge in [0.25, 0.3) is 0 Å². The van der Waals surface area contributed by atoms with E-state index in [9.17, 15) is 10.1 Å². The third-order valence-corrected chi connectivity index (χ3v) is 5.58. The molecule has 1 atom stereocenters. The third kappa shape index (κ3) is 2.87. The van der Waals surface area contributed by atoms with Crippen LogP contribution in [0.2, 0.25) is 0 Å².